The smallest absolute Gasteiger partial charge is 0.410 e. The molecule has 2 N–H and O–H groups in total. The molecule has 9 nitrogen and oxygen atoms in total. The molecule has 0 bridgehead atoms. The predicted octanol–water partition coefficient (Wildman–Crippen LogP) is 2.72. The number of carbonyl (C=O) groups is 2. The zero-order valence-electron chi connectivity index (χ0n) is 19.7. The van der Waals surface area contributed by atoms with Crippen LogP contribution in [0.3, 0.4) is 0 Å². The number of nitrogens with zero attached hydrogens (tertiary/aromatic N) is 3. The third kappa shape index (κ3) is 8.24. The third-order valence-electron chi connectivity index (χ3n) is 5.79. The van der Waals surface area contributed by atoms with Crippen molar-refractivity contribution in [3.63, 3.8) is 0 Å². The van der Waals surface area contributed by atoms with Gasteiger partial charge in [-0.05, 0) is 23.3 Å². The van der Waals surface area contributed by atoms with E-state index in [1.165, 1.54) is 10.5 Å². The van der Waals surface area contributed by atoms with E-state index in [1.807, 2.05) is 54.6 Å². The number of carboxylic acid groups (broad SMARTS) is 1. The highest BCUT2D eigenvalue weighted by molar-refractivity contribution is 5.67. The first-order valence-corrected chi connectivity index (χ1v) is 11.5. The minimum Gasteiger partial charge on any atom is -0.497 e. The van der Waals surface area contributed by atoms with Gasteiger partial charge in [-0.3, -0.25) is 4.90 Å². The number of ether oxygens (including phenoxy) is 2. The van der Waals surface area contributed by atoms with Crippen LogP contribution in [0.2, 0.25) is 0 Å². The second-order valence-corrected chi connectivity index (χ2v) is 8.17. The van der Waals surface area contributed by atoms with Gasteiger partial charge in [-0.1, -0.05) is 42.5 Å². The molecule has 34 heavy (non-hydrogen) atoms. The molecule has 2 saturated heterocycles. The summed E-state index contributed by atoms with van der Waals surface area (Å²) in [5.74, 6) is 0.856. The van der Waals surface area contributed by atoms with Crippen molar-refractivity contribution >= 4 is 12.2 Å². The van der Waals surface area contributed by atoms with Crippen LogP contribution in [0.15, 0.2) is 54.6 Å². The summed E-state index contributed by atoms with van der Waals surface area (Å²) in [6.45, 7) is 7.12. The number of hydrogen-bond acceptors (Lipinski definition) is 6. The van der Waals surface area contributed by atoms with Crippen molar-refractivity contribution in [3.05, 3.63) is 65.7 Å². The van der Waals surface area contributed by atoms with Crippen LogP contribution in [-0.2, 0) is 17.9 Å². The average Bonchev–Trinajstić information content (AvgIpc) is 2.89. The van der Waals surface area contributed by atoms with Gasteiger partial charge in [-0.2, -0.15) is 0 Å². The number of carbonyl (C=O) groups excluding carboxylic acids is 1. The van der Waals surface area contributed by atoms with Gasteiger partial charge in [0.2, 0.25) is 0 Å². The van der Waals surface area contributed by atoms with Gasteiger partial charge in [0, 0.05) is 58.9 Å². The zero-order valence-corrected chi connectivity index (χ0v) is 19.7. The van der Waals surface area contributed by atoms with Crippen LogP contribution in [0.25, 0.3) is 0 Å². The maximum Gasteiger partial charge on any atom is 0.410 e. The van der Waals surface area contributed by atoms with Crippen LogP contribution in [0.1, 0.15) is 11.1 Å². The van der Waals surface area contributed by atoms with Crippen molar-refractivity contribution in [1.82, 2.24) is 20.0 Å². The molecule has 184 valence electrons. The third-order valence-corrected chi connectivity index (χ3v) is 5.79. The van der Waals surface area contributed by atoms with Crippen LogP contribution < -0.4 is 10.1 Å². The van der Waals surface area contributed by atoms with Crippen molar-refractivity contribution in [1.29, 1.82) is 0 Å². The molecule has 4 rings (SSSR count). The molecule has 0 unspecified atom stereocenters. The monoisotopic (exact) mass is 470 g/mol. The van der Waals surface area contributed by atoms with Gasteiger partial charge in [0.15, 0.2) is 0 Å². The average molecular weight is 471 g/mol. The Labute approximate surface area is 200 Å². The quantitative estimate of drug-likeness (QED) is 0.694. The second kappa shape index (κ2) is 13.4. The number of benzene rings is 2. The van der Waals surface area contributed by atoms with Crippen LogP contribution in [0.4, 0.5) is 9.59 Å². The van der Waals surface area contributed by atoms with Gasteiger partial charge >= 0.3 is 12.2 Å². The molecule has 2 aliphatic rings. The fraction of sp³-hybridized carbons (Fsp3) is 0.440. The van der Waals surface area contributed by atoms with Crippen molar-refractivity contribution in [3.8, 4) is 5.75 Å². The van der Waals surface area contributed by atoms with E-state index in [0.717, 1.165) is 57.1 Å². The van der Waals surface area contributed by atoms with E-state index in [1.54, 1.807) is 12.0 Å². The van der Waals surface area contributed by atoms with Crippen molar-refractivity contribution in [2.45, 2.75) is 13.2 Å². The van der Waals surface area contributed by atoms with Gasteiger partial charge < -0.3 is 29.7 Å². The Morgan fingerprint density at radius 2 is 1.50 bits per heavy atom. The summed E-state index contributed by atoms with van der Waals surface area (Å²) in [5.41, 5.74) is 2.24. The van der Waals surface area contributed by atoms with E-state index in [4.69, 9.17) is 14.6 Å². The molecule has 0 atom stereocenters. The van der Waals surface area contributed by atoms with Crippen LogP contribution in [0.5, 0.6) is 5.75 Å². The number of nitrogens with one attached hydrogen (secondary N) is 1. The van der Waals surface area contributed by atoms with E-state index < -0.39 is 6.09 Å². The lowest BCUT2D eigenvalue weighted by atomic mass is 10.2. The minimum absolute atomic E-state index is 0.217. The summed E-state index contributed by atoms with van der Waals surface area (Å²) in [4.78, 5) is 27.9. The van der Waals surface area contributed by atoms with E-state index in [-0.39, 0.29) is 6.09 Å². The Hall–Kier alpha value is -3.30. The molecule has 2 heterocycles. The SMILES string of the molecule is COc1ccc(CN2CCN(C(=O)O)CC2)cc1.O=C(OCc1ccccc1)N1CCNCC1. The molecule has 0 aromatic heterocycles. The number of hydrogen-bond donors (Lipinski definition) is 2. The Kier molecular flexibility index (Phi) is 9.99. The molecule has 2 aliphatic heterocycles. The number of methoxy groups -OCH3 is 1. The zero-order chi connectivity index (χ0) is 24.2. The lowest BCUT2D eigenvalue weighted by Crippen LogP contribution is -2.47. The summed E-state index contributed by atoms with van der Waals surface area (Å²) >= 11 is 0. The first-order valence-electron chi connectivity index (χ1n) is 11.5. The number of rotatable bonds is 5. The highest BCUT2D eigenvalue weighted by atomic mass is 16.6. The molecular weight excluding hydrogens is 436 g/mol. The minimum atomic E-state index is -0.820. The molecule has 2 amide bonds. The van der Waals surface area contributed by atoms with E-state index in [2.05, 4.69) is 10.2 Å². The summed E-state index contributed by atoms with van der Waals surface area (Å²) in [6, 6.07) is 17.7. The second-order valence-electron chi connectivity index (χ2n) is 8.17. The number of piperazine rings is 2. The summed E-state index contributed by atoms with van der Waals surface area (Å²) < 4.78 is 10.3. The van der Waals surface area contributed by atoms with E-state index in [9.17, 15) is 9.59 Å². The van der Waals surface area contributed by atoms with Gasteiger partial charge in [0.05, 0.1) is 7.11 Å². The molecular formula is C25H34N4O5. The Bertz CT molecular complexity index is 880. The highest BCUT2D eigenvalue weighted by Crippen LogP contribution is 2.14. The maximum absolute atomic E-state index is 11.6. The maximum atomic E-state index is 11.6. The van der Waals surface area contributed by atoms with Crippen LogP contribution in [-0.4, -0.2) is 91.5 Å². The van der Waals surface area contributed by atoms with Gasteiger partial charge in [0.1, 0.15) is 12.4 Å². The lowest BCUT2D eigenvalue weighted by molar-refractivity contribution is 0.0918. The van der Waals surface area contributed by atoms with Crippen LogP contribution >= 0.6 is 0 Å². The Morgan fingerprint density at radius 1 is 0.853 bits per heavy atom. The van der Waals surface area contributed by atoms with E-state index >= 15 is 0 Å². The lowest BCUT2D eigenvalue weighted by Gasteiger charge is -2.33. The molecule has 9 heteroatoms. The first-order chi connectivity index (χ1) is 16.5. The predicted molar refractivity (Wildman–Crippen MR) is 129 cm³/mol. The van der Waals surface area contributed by atoms with Gasteiger partial charge in [0.25, 0.3) is 0 Å². The van der Waals surface area contributed by atoms with E-state index in [0.29, 0.717) is 19.7 Å². The molecule has 0 saturated carbocycles. The largest absolute Gasteiger partial charge is 0.497 e. The first kappa shape index (κ1) is 25.3. The topological polar surface area (TPSA) is 94.6 Å². The molecule has 0 aliphatic carbocycles. The van der Waals surface area contributed by atoms with Crippen molar-refractivity contribution in [2.75, 3.05) is 59.5 Å². The molecule has 2 aromatic carbocycles. The molecule has 0 radical (unpaired) electrons. The molecule has 0 spiro atoms. The van der Waals surface area contributed by atoms with Crippen molar-refractivity contribution in [2.24, 2.45) is 0 Å². The normalized spacial score (nSPS) is 16.3. The molecule has 2 aromatic rings. The fourth-order valence-electron chi connectivity index (χ4n) is 3.74. The highest BCUT2D eigenvalue weighted by Gasteiger charge is 2.20. The Morgan fingerprint density at radius 3 is 2.09 bits per heavy atom. The Balaban J connectivity index is 0.000000192. The molecule has 2 fully saturated rings. The van der Waals surface area contributed by atoms with Gasteiger partial charge in [-0.25, -0.2) is 9.59 Å². The van der Waals surface area contributed by atoms with Crippen molar-refractivity contribution < 1.29 is 24.2 Å². The van der Waals surface area contributed by atoms with Gasteiger partial charge in [-0.15, -0.1) is 0 Å². The summed E-state index contributed by atoms with van der Waals surface area (Å²) in [5, 5.41) is 12.1. The fourth-order valence-corrected chi connectivity index (χ4v) is 3.74. The summed E-state index contributed by atoms with van der Waals surface area (Å²) in [7, 11) is 1.65. The standard InChI is InChI=1S/C13H18N2O3.C12H16N2O2/c1-18-12-4-2-11(3-5-12)10-14-6-8-15(9-7-14)13(16)17;15-12(14-8-6-13-7-9-14)16-10-11-4-2-1-3-5-11/h2-5H,6-10H2,1H3,(H,16,17);1-5,13H,6-10H2. The number of amides is 2. The van der Waals surface area contributed by atoms with Crippen LogP contribution in [0, 0.1) is 0 Å². The summed E-state index contributed by atoms with van der Waals surface area (Å²) in [6.07, 6.45) is -1.04.